The Kier molecular flexibility index (Phi) is 4.04. The minimum Gasteiger partial charge on any atom is -0.481 e. The van der Waals surface area contributed by atoms with E-state index in [1.807, 2.05) is 0 Å². The molecule has 0 aromatic heterocycles. The van der Waals surface area contributed by atoms with Gasteiger partial charge < -0.3 is 5.11 Å². The molecule has 3 heteroatoms. The summed E-state index contributed by atoms with van der Waals surface area (Å²) in [5.41, 5.74) is -0.318. The fourth-order valence-corrected chi connectivity index (χ4v) is 1.82. The van der Waals surface area contributed by atoms with Gasteiger partial charge in [-0.2, -0.15) is 0 Å². The molecule has 1 N–H and O–H groups in total. The second-order valence-electron chi connectivity index (χ2n) is 3.94. The van der Waals surface area contributed by atoms with Crippen LogP contribution in [0.3, 0.4) is 0 Å². The summed E-state index contributed by atoms with van der Waals surface area (Å²) >= 11 is 5.54. The van der Waals surface area contributed by atoms with E-state index in [9.17, 15) is 4.79 Å². The summed E-state index contributed by atoms with van der Waals surface area (Å²) in [6, 6.07) is 0. The lowest BCUT2D eigenvalue weighted by molar-refractivity contribution is -0.143. The van der Waals surface area contributed by atoms with E-state index in [0.717, 1.165) is 50.8 Å². The van der Waals surface area contributed by atoms with Crippen molar-refractivity contribution in [1.82, 2.24) is 0 Å². The van der Waals surface area contributed by atoms with Gasteiger partial charge in [-0.25, -0.2) is 0 Å². The Morgan fingerprint density at radius 3 is 2.31 bits per heavy atom. The number of unbranched alkanes of at least 4 members (excludes halogenated alkanes) is 3. The predicted molar refractivity (Wildman–Crippen MR) is 53.1 cm³/mol. The number of aliphatic carboxylic acids is 1. The molecule has 0 bridgehead atoms. The molecule has 1 aliphatic rings. The van der Waals surface area contributed by atoms with E-state index in [1.54, 1.807) is 0 Å². The zero-order valence-electron chi connectivity index (χ0n) is 7.89. The molecule has 13 heavy (non-hydrogen) atoms. The molecule has 0 aliphatic heterocycles. The van der Waals surface area contributed by atoms with Gasteiger partial charge in [0.1, 0.15) is 0 Å². The largest absolute Gasteiger partial charge is 0.481 e. The lowest BCUT2D eigenvalue weighted by atomic mass is 9.98. The van der Waals surface area contributed by atoms with Crippen LogP contribution in [0.4, 0.5) is 0 Å². The van der Waals surface area contributed by atoms with E-state index >= 15 is 0 Å². The van der Waals surface area contributed by atoms with Gasteiger partial charge in [0.25, 0.3) is 0 Å². The molecule has 0 amide bonds. The van der Waals surface area contributed by atoms with Gasteiger partial charge in [-0.3, -0.25) is 4.79 Å². The first-order valence-corrected chi connectivity index (χ1v) is 5.54. The summed E-state index contributed by atoms with van der Waals surface area (Å²) in [6.45, 7) is 0. The summed E-state index contributed by atoms with van der Waals surface area (Å²) in [5, 5.41) is 8.89. The van der Waals surface area contributed by atoms with Crippen molar-refractivity contribution < 1.29 is 9.90 Å². The van der Waals surface area contributed by atoms with Crippen molar-refractivity contribution in [2.45, 2.75) is 44.9 Å². The average Bonchev–Trinajstić information content (AvgIpc) is 2.85. The van der Waals surface area contributed by atoms with Gasteiger partial charge in [-0.05, 0) is 25.7 Å². The molecular formula is C10H17ClO2. The van der Waals surface area contributed by atoms with E-state index in [4.69, 9.17) is 16.7 Å². The molecule has 1 saturated carbocycles. The first-order chi connectivity index (χ1) is 6.21. The molecule has 2 nitrogen and oxygen atoms in total. The highest BCUT2D eigenvalue weighted by Gasteiger charge is 2.49. The van der Waals surface area contributed by atoms with E-state index in [-0.39, 0.29) is 5.41 Å². The maximum atomic E-state index is 10.8. The highest BCUT2D eigenvalue weighted by Crippen LogP contribution is 2.50. The predicted octanol–water partition coefficient (Wildman–Crippen LogP) is 3.04. The topological polar surface area (TPSA) is 37.3 Å². The van der Waals surface area contributed by atoms with Gasteiger partial charge in [0.2, 0.25) is 0 Å². The first kappa shape index (κ1) is 10.8. The minimum absolute atomic E-state index is 0.318. The van der Waals surface area contributed by atoms with Gasteiger partial charge in [-0.15, -0.1) is 11.6 Å². The normalized spacial score (nSPS) is 18.5. The van der Waals surface area contributed by atoms with Crippen molar-refractivity contribution in [3.8, 4) is 0 Å². The lowest BCUT2D eigenvalue weighted by Gasteiger charge is -2.08. The van der Waals surface area contributed by atoms with Crippen molar-refractivity contribution in [2.75, 3.05) is 5.88 Å². The van der Waals surface area contributed by atoms with E-state index in [2.05, 4.69) is 0 Å². The van der Waals surface area contributed by atoms with Crippen LogP contribution < -0.4 is 0 Å². The number of rotatable bonds is 7. The van der Waals surface area contributed by atoms with Crippen molar-refractivity contribution in [2.24, 2.45) is 5.41 Å². The number of hydrogen-bond donors (Lipinski definition) is 1. The number of halogens is 1. The Labute approximate surface area is 84.3 Å². The van der Waals surface area contributed by atoms with Crippen molar-refractivity contribution >= 4 is 17.6 Å². The second kappa shape index (κ2) is 4.85. The second-order valence-corrected chi connectivity index (χ2v) is 4.32. The highest BCUT2D eigenvalue weighted by atomic mass is 35.5. The Bertz CT molecular complexity index is 176. The maximum Gasteiger partial charge on any atom is 0.309 e. The molecule has 0 aromatic carbocycles. The van der Waals surface area contributed by atoms with Gasteiger partial charge in [0, 0.05) is 5.88 Å². The monoisotopic (exact) mass is 204 g/mol. The third-order valence-electron chi connectivity index (χ3n) is 2.85. The zero-order chi connectivity index (χ0) is 9.73. The van der Waals surface area contributed by atoms with Crippen LogP contribution in [0.5, 0.6) is 0 Å². The molecular weight excluding hydrogens is 188 g/mol. The molecule has 76 valence electrons. The summed E-state index contributed by atoms with van der Waals surface area (Å²) in [7, 11) is 0. The fraction of sp³-hybridized carbons (Fsp3) is 0.900. The molecule has 0 atom stereocenters. The quantitative estimate of drug-likeness (QED) is 0.511. The number of carboxylic acids is 1. The van der Waals surface area contributed by atoms with Crippen LogP contribution in [0, 0.1) is 5.41 Å². The van der Waals surface area contributed by atoms with E-state index < -0.39 is 5.97 Å². The third kappa shape index (κ3) is 3.18. The Hall–Kier alpha value is -0.240. The molecule has 1 fully saturated rings. The Morgan fingerprint density at radius 1 is 1.23 bits per heavy atom. The number of hydrogen-bond acceptors (Lipinski definition) is 1. The fourth-order valence-electron chi connectivity index (χ4n) is 1.63. The molecule has 0 saturated heterocycles. The van der Waals surface area contributed by atoms with E-state index in [0.29, 0.717) is 0 Å². The number of carboxylic acid groups (broad SMARTS) is 1. The molecule has 0 radical (unpaired) electrons. The highest BCUT2D eigenvalue weighted by molar-refractivity contribution is 6.17. The summed E-state index contributed by atoms with van der Waals surface area (Å²) in [5.74, 6) is 0.134. The maximum absolute atomic E-state index is 10.8. The van der Waals surface area contributed by atoms with Crippen molar-refractivity contribution in [3.05, 3.63) is 0 Å². The van der Waals surface area contributed by atoms with Gasteiger partial charge in [0.05, 0.1) is 5.41 Å². The Balaban J connectivity index is 2.03. The van der Waals surface area contributed by atoms with Crippen LogP contribution in [-0.2, 0) is 4.79 Å². The van der Waals surface area contributed by atoms with Crippen LogP contribution in [0.15, 0.2) is 0 Å². The third-order valence-corrected chi connectivity index (χ3v) is 3.11. The van der Waals surface area contributed by atoms with Gasteiger partial charge in [-0.1, -0.05) is 19.3 Å². The molecule has 1 aliphatic carbocycles. The summed E-state index contributed by atoms with van der Waals surface area (Å²) < 4.78 is 0. The SMILES string of the molecule is O=C(O)C1(CCCCCCCl)CC1. The molecule has 0 unspecified atom stereocenters. The molecule has 0 spiro atoms. The van der Waals surface area contributed by atoms with Crippen LogP contribution in [0.1, 0.15) is 44.9 Å². The number of alkyl halides is 1. The lowest BCUT2D eigenvalue weighted by Crippen LogP contribution is -2.14. The molecule has 1 rings (SSSR count). The standard InChI is InChI=1S/C10H17ClO2/c11-8-4-2-1-3-5-10(6-7-10)9(12)13/h1-8H2,(H,12,13). The van der Waals surface area contributed by atoms with Crippen LogP contribution >= 0.6 is 11.6 Å². The van der Waals surface area contributed by atoms with Crippen molar-refractivity contribution in [3.63, 3.8) is 0 Å². The smallest absolute Gasteiger partial charge is 0.309 e. The average molecular weight is 205 g/mol. The summed E-state index contributed by atoms with van der Waals surface area (Å²) in [6.07, 6.45) is 7.01. The Morgan fingerprint density at radius 2 is 1.85 bits per heavy atom. The van der Waals surface area contributed by atoms with E-state index in [1.165, 1.54) is 0 Å². The minimum atomic E-state index is -0.593. The van der Waals surface area contributed by atoms with Crippen LogP contribution in [0.2, 0.25) is 0 Å². The summed E-state index contributed by atoms with van der Waals surface area (Å²) in [4.78, 5) is 10.8. The van der Waals surface area contributed by atoms with Crippen molar-refractivity contribution in [1.29, 1.82) is 0 Å². The van der Waals surface area contributed by atoms with Crippen LogP contribution in [0.25, 0.3) is 0 Å². The van der Waals surface area contributed by atoms with Crippen LogP contribution in [-0.4, -0.2) is 17.0 Å². The van der Waals surface area contributed by atoms with Gasteiger partial charge >= 0.3 is 5.97 Å². The molecule has 0 heterocycles. The molecule has 0 aromatic rings. The number of carbonyl (C=O) groups is 1. The zero-order valence-corrected chi connectivity index (χ0v) is 8.65. The van der Waals surface area contributed by atoms with Gasteiger partial charge in [0.15, 0.2) is 0 Å². The first-order valence-electron chi connectivity index (χ1n) is 5.01.